The van der Waals surface area contributed by atoms with Gasteiger partial charge in [-0.2, -0.15) is 0 Å². The number of carbonyl (C=O) groups is 3. The fourth-order valence-corrected chi connectivity index (χ4v) is 3.61. The highest BCUT2D eigenvalue weighted by Gasteiger charge is 2.17. The molecule has 40 heavy (non-hydrogen) atoms. The smallest absolute Gasteiger partial charge is 0.338 e. The van der Waals surface area contributed by atoms with E-state index in [0.29, 0.717) is 35.4 Å². The molecule has 0 bridgehead atoms. The van der Waals surface area contributed by atoms with Crippen LogP contribution < -0.4 is 22.1 Å². The van der Waals surface area contributed by atoms with Crippen LogP contribution in [0.1, 0.15) is 60.7 Å². The normalized spacial score (nSPS) is 11.6. The number of amides is 1. The monoisotopic (exact) mass is 549 g/mol. The number of unbranched alkanes of at least 4 members (excludes halogenated alkanes) is 1. The van der Waals surface area contributed by atoms with Crippen molar-refractivity contribution in [1.29, 1.82) is 5.41 Å². The molecule has 2 aromatic rings. The molecule has 11 heteroatoms. The number of nitrogen functional groups attached to an aromatic ring is 2. The molecule has 214 valence electrons. The number of carbonyl (C=O) groups excluding carboxylic acids is 3. The summed E-state index contributed by atoms with van der Waals surface area (Å²) in [7, 11) is 1.71. The number of amidine groups is 2. The summed E-state index contributed by atoms with van der Waals surface area (Å²) in [5.41, 5.74) is 14.7. The third-order valence-electron chi connectivity index (χ3n) is 5.63. The van der Waals surface area contributed by atoms with Crippen LogP contribution >= 0.6 is 0 Å². The molecule has 0 radical (unpaired) electrons. The van der Waals surface area contributed by atoms with E-state index >= 15 is 0 Å². The van der Waals surface area contributed by atoms with Crippen LogP contribution in [0.3, 0.4) is 0 Å². The lowest BCUT2D eigenvalue weighted by atomic mass is 10.1. The minimum absolute atomic E-state index is 0.0276. The molecule has 0 saturated heterocycles. The number of likely N-dealkylation sites (N-methyl/N-ethyl adjacent to an activating group) is 1. The van der Waals surface area contributed by atoms with Crippen LogP contribution in [-0.2, 0) is 20.9 Å². The zero-order chi connectivity index (χ0) is 29.7. The molecule has 11 nitrogen and oxygen atoms in total. The van der Waals surface area contributed by atoms with Gasteiger partial charge in [0.2, 0.25) is 5.91 Å². The van der Waals surface area contributed by atoms with Crippen LogP contribution in [0.25, 0.3) is 5.70 Å². The van der Waals surface area contributed by atoms with Gasteiger partial charge < -0.3 is 31.7 Å². The van der Waals surface area contributed by atoms with Crippen LogP contribution in [0.5, 0.6) is 0 Å². The standard InChI is InChI=1S/C29H39N7O4/c1-5-6-11-40-29(39)23-12-22(13-24(30)14-23)25(16-33-26(18-37)35-19(2)3)36(4)17-27(38)34-15-20-7-9-21(10-8-20)28(31)32/h7-10,12-14,16,18-19H,5-6,11,15,17,30H2,1-4H3,(H3,31,32)(H,33,35)(H,34,38)/b25-16-. The Hall–Kier alpha value is -4.67. The molecule has 2 aromatic carbocycles. The lowest BCUT2D eigenvalue weighted by Crippen LogP contribution is -2.35. The highest BCUT2D eigenvalue weighted by atomic mass is 16.5. The molecule has 0 aromatic heterocycles. The third-order valence-corrected chi connectivity index (χ3v) is 5.63. The Kier molecular flexibility index (Phi) is 12.4. The first kappa shape index (κ1) is 31.5. The zero-order valence-corrected chi connectivity index (χ0v) is 23.5. The number of benzene rings is 2. The van der Waals surface area contributed by atoms with Gasteiger partial charge >= 0.3 is 5.97 Å². The molecule has 0 aliphatic heterocycles. The lowest BCUT2D eigenvalue weighted by molar-refractivity contribution is -0.121. The molecule has 0 aliphatic rings. The van der Waals surface area contributed by atoms with Gasteiger partial charge in [0.05, 0.1) is 24.4 Å². The first-order valence-electron chi connectivity index (χ1n) is 13.0. The first-order chi connectivity index (χ1) is 19.0. The molecule has 0 atom stereocenters. The summed E-state index contributed by atoms with van der Waals surface area (Å²) in [6.07, 6.45) is 3.79. The number of nitrogens with two attached hydrogens (primary N) is 2. The van der Waals surface area contributed by atoms with Crippen molar-refractivity contribution >= 4 is 41.2 Å². The molecule has 0 spiro atoms. The van der Waals surface area contributed by atoms with E-state index in [9.17, 15) is 14.4 Å². The predicted octanol–water partition coefficient (Wildman–Crippen LogP) is 2.65. The minimum atomic E-state index is -0.500. The van der Waals surface area contributed by atoms with Crippen LogP contribution in [0.4, 0.5) is 5.69 Å². The van der Waals surface area contributed by atoms with E-state index in [2.05, 4.69) is 15.6 Å². The topological polar surface area (TPSA) is 176 Å². The quantitative estimate of drug-likeness (QED) is 0.0596. The molecule has 0 saturated carbocycles. The third kappa shape index (κ3) is 10.2. The number of anilines is 1. The summed E-state index contributed by atoms with van der Waals surface area (Å²) >= 11 is 0. The molecule has 2 rings (SSSR count). The Morgan fingerprint density at radius 1 is 1.12 bits per heavy atom. The maximum Gasteiger partial charge on any atom is 0.338 e. The van der Waals surface area contributed by atoms with E-state index in [1.54, 1.807) is 54.5 Å². The average molecular weight is 550 g/mol. The number of ether oxygens (including phenoxy) is 1. The number of aliphatic imine (C=N–C) groups is 1. The van der Waals surface area contributed by atoms with Gasteiger partial charge in [-0.15, -0.1) is 0 Å². The number of aldehydes is 1. The summed E-state index contributed by atoms with van der Waals surface area (Å²) in [6.45, 7) is 6.23. The SMILES string of the molecule is CCCCOC(=O)c1cc(N)cc(/C(=C/NC(C=O)=NC(C)C)N(C)CC(=O)NCc2ccc(C(=N)N)cc2)c1. The molecular formula is C29H39N7O4. The van der Waals surface area contributed by atoms with Gasteiger partial charge in [0.25, 0.3) is 0 Å². The summed E-state index contributed by atoms with van der Waals surface area (Å²) in [4.78, 5) is 42.9. The van der Waals surface area contributed by atoms with E-state index < -0.39 is 5.97 Å². The number of hydrogen-bond acceptors (Lipinski definition) is 8. The van der Waals surface area contributed by atoms with Crippen molar-refractivity contribution in [3.8, 4) is 0 Å². The van der Waals surface area contributed by atoms with Crippen LogP contribution in [0, 0.1) is 5.41 Å². The summed E-state index contributed by atoms with van der Waals surface area (Å²) in [6, 6.07) is 11.7. The van der Waals surface area contributed by atoms with Gasteiger partial charge in [-0.05, 0) is 44.0 Å². The molecular weight excluding hydrogens is 510 g/mol. The second-order valence-electron chi connectivity index (χ2n) is 9.48. The number of hydrogen-bond donors (Lipinski definition) is 5. The first-order valence-corrected chi connectivity index (χ1v) is 13.0. The molecule has 7 N–H and O–H groups in total. The van der Waals surface area contributed by atoms with Crippen LogP contribution in [0.15, 0.2) is 53.7 Å². The second-order valence-corrected chi connectivity index (χ2v) is 9.48. The maximum atomic E-state index is 12.8. The Morgan fingerprint density at radius 3 is 2.40 bits per heavy atom. The Labute approximate surface area is 235 Å². The van der Waals surface area contributed by atoms with Crippen LogP contribution in [0.2, 0.25) is 0 Å². The number of esters is 1. The zero-order valence-electron chi connectivity index (χ0n) is 23.5. The fraction of sp³-hybridized carbons (Fsp3) is 0.345. The van der Waals surface area contributed by atoms with Gasteiger partial charge in [-0.25, -0.2) is 4.79 Å². The summed E-state index contributed by atoms with van der Waals surface area (Å²) in [5, 5.41) is 13.3. The van der Waals surface area contributed by atoms with Gasteiger partial charge in [0.1, 0.15) is 5.84 Å². The van der Waals surface area contributed by atoms with E-state index in [0.717, 1.165) is 18.4 Å². The van der Waals surface area contributed by atoms with Crippen molar-refractivity contribution in [2.24, 2.45) is 10.7 Å². The van der Waals surface area contributed by atoms with Gasteiger partial charge in [0, 0.05) is 42.6 Å². The van der Waals surface area contributed by atoms with Crippen molar-refractivity contribution in [1.82, 2.24) is 15.5 Å². The second kappa shape index (κ2) is 15.7. The Balaban J connectivity index is 2.28. The predicted molar refractivity (Wildman–Crippen MR) is 158 cm³/mol. The van der Waals surface area contributed by atoms with Gasteiger partial charge in [-0.3, -0.25) is 20.0 Å². The van der Waals surface area contributed by atoms with Crippen LogP contribution in [-0.4, -0.2) is 61.0 Å². The molecule has 0 heterocycles. The average Bonchev–Trinajstić information content (AvgIpc) is 2.91. The summed E-state index contributed by atoms with van der Waals surface area (Å²) < 4.78 is 5.35. The van der Waals surface area contributed by atoms with E-state index in [4.69, 9.17) is 21.6 Å². The van der Waals surface area contributed by atoms with Gasteiger partial charge in [-0.1, -0.05) is 37.6 Å². The van der Waals surface area contributed by atoms with Crippen molar-refractivity contribution in [2.45, 2.75) is 46.2 Å². The lowest BCUT2D eigenvalue weighted by Gasteiger charge is -2.23. The molecule has 1 amide bonds. The van der Waals surface area contributed by atoms with E-state index in [1.165, 1.54) is 6.07 Å². The highest BCUT2D eigenvalue weighted by Crippen LogP contribution is 2.23. The summed E-state index contributed by atoms with van der Waals surface area (Å²) in [5.74, 6) is -0.679. The van der Waals surface area contributed by atoms with E-state index in [1.807, 2.05) is 20.8 Å². The van der Waals surface area contributed by atoms with E-state index in [-0.39, 0.29) is 42.3 Å². The highest BCUT2D eigenvalue weighted by molar-refractivity contribution is 6.27. The van der Waals surface area contributed by atoms with Crippen molar-refractivity contribution in [3.05, 3.63) is 70.9 Å². The number of nitrogens with zero attached hydrogens (tertiary/aromatic N) is 2. The Bertz CT molecular complexity index is 1250. The molecule has 0 aliphatic carbocycles. The fourth-order valence-electron chi connectivity index (χ4n) is 3.61. The minimum Gasteiger partial charge on any atom is -0.462 e. The number of nitrogens with one attached hydrogen (secondary N) is 3. The van der Waals surface area contributed by atoms with Gasteiger partial charge in [0.15, 0.2) is 12.1 Å². The Morgan fingerprint density at radius 2 is 1.80 bits per heavy atom. The van der Waals surface area contributed by atoms with Crippen molar-refractivity contribution in [3.63, 3.8) is 0 Å². The molecule has 0 unspecified atom stereocenters. The maximum absolute atomic E-state index is 12.8. The number of rotatable bonds is 14. The van der Waals surface area contributed by atoms with Crippen molar-refractivity contribution in [2.75, 3.05) is 25.9 Å². The largest absolute Gasteiger partial charge is 0.462 e. The van der Waals surface area contributed by atoms with Crippen molar-refractivity contribution < 1.29 is 19.1 Å². The molecule has 0 fully saturated rings.